The Morgan fingerprint density at radius 2 is 1.39 bits per heavy atom. The molecular weight excluding hydrogens is 466 g/mol. The molecule has 0 spiro atoms. The molecule has 0 atom stereocenters. The highest BCUT2D eigenvalue weighted by Crippen LogP contribution is 2.40. The Balaban J connectivity index is 2.11. The van der Waals surface area contributed by atoms with Gasteiger partial charge < -0.3 is 33.7 Å². The molecule has 192 valence electrons. The lowest BCUT2D eigenvalue weighted by Crippen LogP contribution is -2.29. The minimum absolute atomic E-state index is 0.0598. The first-order chi connectivity index (χ1) is 17.4. The summed E-state index contributed by atoms with van der Waals surface area (Å²) < 4.78 is 26.6. The largest absolute Gasteiger partial charge is 0.504 e. The van der Waals surface area contributed by atoms with E-state index in [9.17, 15) is 14.7 Å². The van der Waals surface area contributed by atoms with E-state index in [1.807, 2.05) is 12.1 Å². The van der Waals surface area contributed by atoms with Crippen molar-refractivity contribution in [3.63, 3.8) is 0 Å². The first kappa shape index (κ1) is 26.5. The van der Waals surface area contributed by atoms with Crippen molar-refractivity contribution < 1.29 is 38.4 Å². The normalized spacial score (nSPS) is 13.4. The van der Waals surface area contributed by atoms with Crippen LogP contribution in [-0.2, 0) is 25.6 Å². The van der Waals surface area contributed by atoms with Crippen LogP contribution < -0.4 is 14.2 Å². The van der Waals surface area contributed by atoms with E-state index in [2.05, 4.69) is 0 Å². The fourth-order valence-electron chi connectivity index (χ4n) is 4.00. The Labute approximate surface area is 210 Å². The Morgan fingerprint density at radius 1 is 0.806 bits per heavy atom. The van der Waals surface area contributed by atoms with Gasteiger partial charge in [-0.25, -0.2) is 9.59 Å². The molecule has 3 rings (SSSR count). The molecule has 36 heavy (non-hydrogen) atoms. The number of methoxy groups -OCH3 is 3. The van der Waals surface area contributed by atoms with E-state index in [-0.39, 0.29) is 35.9 Å². The second kappa shape index (κ2) is 12.0. The summed E-state index contributed by atoms with van der Waals surface area (Å²) in [5.74, 6) is -0.623. The van der Waals surface area contributed by atoms with E-state index < -0.39 is 17.9 Å². The number of rotatable bonds is 10. The Hall–Kier alpha value is -4.14. The van der Waals surface area contributed by atoms with Crippen LogP contribution in [0, 0.1) is 0 Å². The Kier molecular flexibility index (Phi) is 8.83. The number of carbonyl (C=O) groups is 2. The lowest BCUT2D eigenvalue weighted by atomic mass is 9.83. The third kappa shape index (κ3) is 5.73. The Bertz CT molecular complexity index is 1130. The smallest absolute Gasteiger partial charge is 0.336 e. The monoisotopic (exact) mass is 497 g/mol. The topological polar surface area (TPSA) is 104 Å². The number of benzene rings is 2. The van der Waals surface area contributed by atoms with Gasteiger partial charge >= 0.3 is 11.9 Å². The van der Waals surface area contributed by atoms with Crippen LogP contribution in [0.1, 0.15) is 30.9 Å². The van der Waals surface area contributed by atoms with Gasteiger partial charge in [0.25, 0.3) is 0 Å². The zero-order valence-electron chi connectivity index (χ0n) is 21.1. The van der Waals surface area contributed by atoms with E-state index in [1.165, 1.54) is 13.2 Å². The van der Waals surface area contributed by atoms with Gasteiger partial charge in [-0.05, 0) is 49.2 Å². The predicted molar refractivity (Wildman–Crippen MR) is 132 cm³/mol. The van der Waals surface area contributed by atoms with Crippen LogP contribution in [-0.4, -0.2) is 56.5 Å². The zero-order chi connectivity index (χ0) is 26.2. The maximum Gasteiger partial charge on any atom is 0.336 e. The lowest BCUT2D eigenvalue weighted by Gasteiger charge is -2.30. The van der Waals surface area contributed by atoms with Gasteiger partial charge in [-0.2, -0.15) is 0 Å². The van der Waals surface area contributed by atoms with Crippen molar-refractivity contribution in [2.24, 2.45) is 0 Å². The molecule has 9 nitrogen and oxygen atoms in total. The average Bonchev–Trinajstić information content (AvgIpc) is 2.88. The third-order valence-corrected chi connectivity index (χ3v) is 5.60. The molecule has 1 aliphatic rings. The van der Waals surface area contributed by atoms with Crippen LogP contribution in [0.4, 0.5) is 0 Å². The summed E-state index contributed by atoms with van der Waals surface area (Å²) >= 11 is 0. The molecule has 1 heterocycles. The molecule has 1 aliphatic heterocycles. The molecule has 2 aromatic rings. The third-order valence-electron chi connectivity index (χ3n) is 5.60. The number of ether oxygens (including phenoxy) is 5. The number of phenols is 1. The highest BCUT2D eigenvalue weighted by Gasteiger charge is 2.36. The summed E-state index contributed by atoms with van der Waals surface area (Å²) in [6.07, 6.45) is 3.31. The summed E-state index contributed by atoms with van der Waals surface area (Å²) in [5.41, 5.74) is 1.91. The van der Waals surface area contributed by atoms with Crippen LogP contribution >= 0.6 is 0 Å². The second-order valence-corrected chi connectivity index (χ2v) is 7.84. The van der Waals surface area contributed by atoms with E-state index in [0.717, 1.165) is 5.56 Å². The van der Waals surface area contributed by atoms with Crippen LogP contribution in [0.15, 0.2) is 59.9 Å². The summed E-state index contributed by atoms with van der Waals surface area (Å²) in [5, 5.41) is 10.1. The molecule has 0 amide bonds. The Morgan fingerprint density at radius 3 is 1.92 bits per heavy atom. The first-order valence-corrected chi connectivity index (χ1v) is 11.5. The van der Waals surface area contributed by atoms with Crippen molar-refractivity contribution >= 4 is 11.9 Å². The fourth-order valence-corrected chi connectivity index (χ4v) is 4.00. The maximum atomic E-state index is 13.1. The van der Waals surface area contributed by atoms with Crippen molar-refractivity contribution in [2.45, 2.75) is 26.3 Å². The van der Waals surface area contributed by atoms with Crippen molar-refractivity contribution in [2.75, 3.05) is 34.5 Å². The van der Waals surface area contributed by atoms with Crippen molar-refractivity contribution in [3.8, 4) is 23.0 Å². The second-order valence-electron chi connectivity index (χ2n) is 7.84. The summed E-state index contributed by atoms with van der Waals surface area (Å²) in [7, 11) is 4.54. The van der Waals surface area contributed by atoms with Crippen LogP contribution in [0.25, 0.3) is 0 Å². The molecule has 0 saturated carbocycles. The first-order valence-electron chi connectivity index (χ1n) is 11.5. The molecule has 1 N–H and O–H groups in total. The van der Waals surface area contributed by atoms with Crippen molar-refractivity contribution in [1.82, 2.24) is 4.90 Å². The summed E-state index contributed by atoms with van der Waals surface area (Å²) in [4.78, 5) is 27.9. The van der Waals surface area contributed by atoms with Crippen LogP contribution in [0.3, 0.4) is 0 Å². The molecule has 0 unspecified atom stereocenters. The number of phenolic OH excluding ortho intramolecular Hbond substituents is 1. The predicted octanol–water partition coefficient (Wildman–Crippen LogP) is 3.91. The van der Waals surface area contributed by atoms with Gasteiger partial charge in [-0.1, -0.05) is 12.1 Å². The molecule has 0 saturated heterocycles. The van der Waals surface area contributed by atoms with Gasteiger partial charge in [0, 0.05) is 18.9 Å². The number of aromatic hydroxyl groups is 1. The van der Waals surface area contributed by atoms with E-state index in [0.29, 0.717) is 23.6 Å². The van der Waals surface area contributed by atoms with E-state index in [4.69, 9.17) is 23.7 Å². The van der Waals surface area contributed by atoms with Gasteiger partial charge in [-0.15, -0.1) is 0 Å². The molecule has 0 fully saturated rings. The maximum absolute atomic E-state index is 13.1. The van der Waals surface area contributed by atoms with Crippen molar-refractivity contribution in [3.05, 3.63) is 71.1 Å². The van der Waals surface area contributed by atoms with Gasteiger partial charge in [0.05, 0.1) is 51.6 Å². The van der Waals surface area contributed by atoms with E-state index >= 15 is 0 Å². The van der Waals surface area contributed by atoms with E-state index in [1.54, 1.807) is 63.6 Å². The summed E-state index contributed by atoms with van der Waals surface area (Å²) in [6, 6.07) is 10.2. The number of hydrogen-bond acceptors (Lipinski definition) is 9. The van der Waals surface area contributed by atoms with Crippen molar-refractivity contribution in [1.29, 1.82) is 0 Å². The lowest BCUT2D eigenvalue weighted by molar-refractivity contribution is -0.139. The number of hydrogen-bond donors (Lipinski definition) is 1. The molecule has 0 radical (unpaired) electrons. The van der Waals surface area contributed by atoms with Crippen LogP contribution in [0.5, 0.6) is 23.0 Å². The van der Waals surface area contributed by atoms with Gasteiger partial charge in [-0.3, -0.25) is 0 Å². The van der Waals surface area contributed by atoms with Crippen LogP contribution in [0.2, 0.25) is 0 Å². The van der Waals surface area contributed by atoms with Gasteiger partial charge in [0.15, 0.2) is 23.0 Å². The fraction of sp³-hybridized carbons (Fsp3) is 0.333. The molecule has 2 aromatic carbocycles. The highest BCUT2D eigenvalue weighted by atomic mass is 16.5. The quantitative estimate of drug-likeness (QED) is 0.489. The molecular formula is C27H31NO8. The zero-order valence-corrected chi connectivity index (χ0v) is 21.1. The molecule has 0 bridgehead atoms. The van der Waals surface area contributed by atoms with Gasteiger partial charge in [0.1, 0.15) is 0 Å². The molecule has 9 heteroatoms. The SMILES string of the molecule is CCOC(=O)C1=CN(Cc2ccc(OC)c(OC)c2)C=C(C(=O)OCC)C1c1ccc(O)c(OC)c1. The number of esters is 2. The average molecular weight is 498 g/mol. The minimum atomic E-state index is -0.792. The number of carbonyl (C=O) groups excluding carboxylic acids is 2. The minimum Gasteiger partial charge on any atom is -0.504 e. The highest BCUT2D eigenvalue weighted by molar-refractivity contribution is 5.98. The summed E-state index contributed by atoms with van der Waals surface area (Å²) in [6.45, 7) is 4.08. The molecule has 0 aromatic heterocycles. The van der Waals surface area contributed by atoms with Gasteiger partial charge in [0.2, 0.25) is 0 Å². The standard InChI is InChI=1S/C27H31NO8/c1-6-35-26(30)19-15-28(14-17-8-11-22(32-3)24(12-17)34-5)16-20(27(31)36-7-2)25(19)18-9-10-21(29)23(13-18)33-4/h8-13,15-16,25,29H,6-7,14H2,1-5H3. The number of nitrogens with zero attached hydrogens (tertiary/aromatic N) is 1. The molecule has 0 aliphatic carbocycles.